The molecule has 1 amide bonds. The Morgan fingerprint density at radius 3 is 3.10 bits per heavy atom. The Labute approximate surface area is 117 Å². The highest BCUT2D eigenvalue weighted by molar-refractivity contribution is 5.86. The average Bonchev–Trinajstić information content (AvgIpc) is 2.82. The van der Waals surface area contributed by atoms with Crippen LogP contribution in [-0.2, 0) is 11.2 Å². The molecule has 1 aromatic heterocycles. The number of amides is 1. The Hall–Kier alpha value is -1.88. The zero-order valence-electron chi connectivity index (χ0n) is 11.6. The van der Waals surface area contributed by atoms with Crippen molar-refractivity contribution in [1.29, 1.82) is 0 Å². The maximum Gasteiger partial charge on any atom is 0.228 e. The number of para-hydroxylation sites is 1. The van der Waals surface area contributed by atoms with Gasteiger partial charge in [0, 0.05) is 24.0 Å². The number of nitrogens with zero attached hydrogens (tertiary/aromatic N) is 2. The van der Waals surface area contributed by atoms with Crippen molar-refractivity contribution >= 4 is 16.9 Å². The Balaban J connectivity index is 1.76. The minimum Gasteiger partial charge on any atom is -0.356 e. The van der Waals surface area contributed by atoms with Crippen LogP contribution < -0.4 is 5.73 Å². The van der Waals surface area contributed by atoms with E-state index >= 15 is 0 Å². The number of fused-ring (bicyclic) bond motifs is 1. The van der Waals surface area contributed by atoms with Crippen molar-refractivity contribution in [3.05, 3.63) is 30.0 Å². The van der Waals surface area contributed by atoms with Crippen molar-refractivity contribution in [1.82, 2.24) is 10.1 Å². The molecule has 0 unspecified atom stereocenters. The van der Waals surface area contributed by atoms with E-state index in [1.165, 1.54) is 0 Å². The Morgan fingerprint density at radius 2 is 2.30 bits per heavy atom. The minimum absolute atomic E-state index is 0.100. The fourth-order valence-corrected chi connectivity index (χ4v) is 2.89. The number of nitrogens with two attached hydrogens (primary N) is 1. The predicted molar refractivity (Wildman–Crippen MR) is 76.1 cm³/mol. The molecule has 1 aromatic carbocycles. The van der Waals surface area contributed by atoms with Gasteiger partial charge in [-0.25, -0.2) is 0 Å². The van der Waals surface area contributed by atoms with Crippen molar-refractivity contribution in [2.75, 3.05) is 6.54 Å². The van der Waals surface area contributed by atoms with Gasteiger partial charge >= 0.3 is 0 Å². The number of piperidine rings is 1. The second kappa shape index (κ2) is 5.25. The predicted octanol–water partition coefficient (Wildman–Crippen LogP) is 1.71. The molecule has 1 fully saturated rings. The quantitative estimate of drug-likeness (QED) is 0.904. The molecule has 0 bridgehead atoms. The molecule has 106 valence electrons. The SMILES string of the molecule is C[C@H]1C[C@H](N)CCN1C(=O)Cc1noc2ccccc12. The van der Waals surface area contributed by atoms with Crippen molar-refractivity contribution in [3.8, 4) is 0 Å². The Bertz CT molecular complexity index is 622. The van der Waals surface area contributed by atoms with Crippen LogP contribution in [0.1, 0.15) is 25.5 Å². The fourth-order valence-electron chi connectivity index (χ4n) is 2.89. The van der Waals surface area contributed by atoms with E-state index in [-0.39, 0.29) is 24.4 Å². The van der Waals surface area contributed by atoms with Gasteiger partial charge in [0.25, 0.3) is 0 Å². The maximum atomic E-state index is 12.4. The summed E-state index contributed by atoms with van der Waals surface area (Å²) in [7, 11) is 0. The van der Waals surface area contributed by atoms with Gasteiger partial charge in [0.05, 0.1) is 6.42 Å². The van der Waals surface area contributed by atoms with Crippen LogP contribution >= 0.6 is 0 Å². The zero-order valence-corrected chi connectivity index (χ0v) is 11.6. The van der Waals surface area contributed by atoms with Gasteiger partial charge < -0.3 is 15.2 Å². The number of likely N-dealkylation sites (tertiary alicyclic amines) is 1. The molecule has 1 aliphatic heterocycles. The summed E-state index contributed by atoms with van der Waals surface area (Å²) in [4.78, 5) is 14.3. The number of carbonyl (C=O) groups excluding carboxylic acids is 1. The van der Waals surface area contributed by atoms with Gasteiger partial charge in [0.2, 0.25) is 5.91 Å². The highest BCUT2D eigenvalue weighted by Crippen LogP contribution is 2.21. The lowest BCUT2D eigenvalue weighted by molar-refractivity contribution is -0.133. The third-order valence-electron chi connectivity index (χ3n) is 4.01. The normalized spacial score (nSPS) is 23.2. The fraction of sp³-hybridized carbons (Fsp3) is 0.467. The molecule has 20 heavy (non-hydrogen) atoms. The average molecular weight is 273 g/mol. The summed E-state index contributed by atoms with van der Waals surface area (Å²) in [5, 5.41) is 4.94. The molecular weight excluding hydrogens is 254 g/mol. The van der Waals surface area contributed by atoms with Crippen molar-refractivity contribution in [2.24, 2.45) is 5.73 Å². The second-order valence-corrected chi connectivity index (χ2v) is 5.52. The number of carbonyl (C=O) groups is 1. The van der Waals surface area contributed by atoms with Gasteiger partial charge in [-0.05, 0) is 31.9 Å². The molecule has 2 atom stereocenters. The topological polar surface area (TPSA) is 72.4 Å². The monoisotopic (exact) mass is 273 g/mol. The minimum atomic E-state index is 0.100. The zero-order chi connectivity index (χ0) is 14.1. The molecule has 0 radical (unpaired) electrons. The lowest BCUT2D eigenvalue weighted by Crippen LogP contribution is -2.48. The summed E-state index contributed by atoms with van der Waals surface area (Å²) in [6, 6.07) is 8.03. The summed E-state index contributed by atoms with van der Waals surface area (Å²) >= 11 is 0. The molecular formula is C15H19N3O2. The van der Waals surface area contributed by atoms with Gasteiger partial charge in [-0.3, -0.25) is 4.79 Å². The first-order chi connectivity index (χ1) is 9.65. The van der Waals surface area contributed by atoms with E-state index in [2.05, 4.69) is 12.1 Å². The first-order valence-electron chi connectivity index (χ1n) is 7.03. The lowest BCUT2D eigenvalue weighted by Gasteiger charge is -2.36. The van der Waals surface area contributed by atoms with Gasteiger partial charge in [0.1, 0.15) is 5.69 Å². The van der Waals surface area contributed by atoms with E-state index in [0.717, 1.165) is 30.4 Å². The molecule has 0 spiro atoms. The molecule has 3 rings (SSSR count). The summed E-state index contributed by atoms with van der Waals surface area (Å²) in [6.45, 7) is 2.79. The summed E-state index contributed by atoms with van der Waals surface area (Å²) in [5.41, 5.74) is 7.37. The first-order valence-corrected chi connectivity index (χ1v) is 7.03. The van der Waals surface area contributed by atoms with Gasteiger partial charge in [0.15, 0.2) is 5.58 Å². The number of benzene rings is 1. The Morgan fingerprint density at radius 1 is 1.50 bits per heavy atom. The van der Waals surface area contributed by atoms with Crippen LogP contribution in [0.5, 0.6) is 0 Å². The van der Waals surface area contributed by atoms with Crippen LogP contribution in [0.2, 0.25) is 0 Å². The molecule has 0 saturated carbocycles. The summed E-state index contributed by atoms with van der Waals surface area (Å²) in [6.07, 6.45) is 2.03. The lowest BCUT2D eigenvalue weighted by atomic mass is 9.98. The number of hydrogen-bond acceptors (Lipinski definition) is 4. The third-order valence-corrected chi connectivity index (χ3v) is 4.01. The third kappa shape index (κ3) is 2.41. The van der Waals surface area contributed by atoms with E-state index in [0.29, 0.717) is 5.69 Å². The first kappa shape index (κ1) is 13.1. The highest BCUT2D eigenvalue weighted by Gasteiger charge is 2.27. The summed E-state index contributed by atoms with van der Waals surface area (Å²) in [5.74, 6) is 0.100. The molecule has 2 N–H and O–H groups in total. The highest BCUT2D eigenvalue weighted by atomic mass is 16.5. The van der Waals surface area contributed by atoms with Gasteiger partial charge in [-0.1, -0.05) is 17.3 Å². The molecule has 1 saturated heterocycles. The van der Waals surface area contributed by atoms with E-state index < -0.39 is 0 Å². The smallest absolute Gasteiger partial charge is 0.228 e. The van der Waals surface area contributed by atoms with Gasteiger partial charge in [-0.15, -0.1) is 0 Å². The molecule has 5 heteroatoms. The van der Waals surface area contributed by atoms with E-state index in [4.69, 9.17) is 10.3 Å². The van der Waals surface area contributed by atoms with E-state index in [9.17, 15) is 4.79 Å². The van der Waals surface area contributed by atoms with Crippen molar-refractivity contribution < 1.29 is 9.32 Å². The molecule has 5 nitrogen and oxygen atoms in total. The molecule has 2 aromatic rings. The van der Waals surface area contributed by atoms with Crippen molar-refractivity contribution in [3.63, 3.8) is 0 Å². The molecule has 0 aliphatic carbocycles. The van der Waals surface area contributed by atoms with Crippen LogP contribution in [0.4, 0.5) is 0 Å². The molecule has 1 aliphatic rings. The van der Waals surface area contributed by atoms with Crippen LogP contribution in [0, 0.1) is 0 Å². The number of hydrogen-bond donors (Lipinski definition) is 1. The van der Waals surface area contributed by atoms with E-state index in [1.54, 1.807) is 0 Å². The standard InChI is InChI=1S/C15H19N3O2/c1-10-8-11(16)6-7-18(10)15(19)9-13-12-4-2-3-5-14(12)20-17-13/h2-5,10-11H,6-9,16H2,1H3/t10-,11+/m0/s1. The van der Waals surface area contributed by atoms with Crippen LogP contribution in [-0.4, -0.2) is 34.6 Å². The number of rotatable bonds is 2. The van der Waals surface area contributed by atoms with Gasteiger partial charge in [-0.2, -0.15) is 0 Å². The van der Waals surface area contributed by atoms with E-state index in [1.807, 2.05) is 29.2 Å². The van der Waals surface area contributed by atoms with Crippen molar-refractivity contribution in [2.45, 2.75) is 38.3 Å². The molecule has 2 heterocycles. The van der Waals surface area contributed by atoms with Crippen LogP contribution in [0.25, 0.3) is 11.0 Å². The second-order valence-electron chi connectivity index (χ2n) is 5.52. The largest absolute Gasteiger partial charge is 0.356 e. The summed E-state index contributed by atoms with van der Waals surface area (Å²) < 4.78 is 5.24. The van der Waals surface area contributed by atoms with Crippen LogP contribution in [0.15, 0.2) is 28.8 Å². The Kier molecular flexibility index (Phi) is 3.44. The maximum absolute atomic E-state index is 12.4. The number of aromatic nitrogens is 1. The van der Waals surface area contributed by atoms with Crippen LogP contribution in [0.3, 0.4) is 0 Å².